The number of aromatic hydroxyl groups is 1. The summed E-state index contributed by atoms with van der Waals surface area (Å²) >= 11 is 1.50. The SMILES string of the molecule is COc1cc(/C=N/n2cnc3sc(C)c(C)c3c2=O)ccc1O. The van der Waals surface area contributed by atoms with Crippen molar-refractivity contribution in [2.45, 2.75) is 13.8 Å². The van der Waals surface area contributed by atoms with Gasteiger partial charge in [-0.1, -0.05) is 0 Å². The summed E-state index contributed by atoms with van der Waals surface area (Å²) < 4.78 is 6.26. The zero-order chi connectivity index (χ0) is 16.6. The van der Waals surface area contributed by atoms with Gasteiger partial charge in [0.2, 0.25) is 0 Å². The van der Waals surface area contributed by atoms with Crippen LogP contribution in [0.25, 0.3) is 10.2 Å². The minimum Gasteiger partial charge on any atom is -0.504 e. The van der Waals surface area contributed by atoms with Crippen LogP contribution in [0.3, 0.4) is 0 Å². The van der Waals surface area contributed by atoms with E-state index >= 15 is 0 Å². The van der Waals surface area contributed by atoms with Crippen molar-refractivity contribution >= 4 is 27.8 Å². The number of thiophene rings is 1. The third kappa shape index (κ3) is 2.70. The van der Waals surface area contributed by atoms with Crippen LogP contribution in [0.4, 0.5) is 0 Å². The van der Waals surface area contributed by atoms with Crippen LogP contribution in [0.1, 0.15) is 16.0 Å². The first-order valence-corrected chi connectivity index (χ1v) is 7.71. The molecule has 0 unspecified atom stereocenters. The molecule has 3 aromatic rings. The van der Waals surface area contributed by atoms with E-state index in [1.54, 1.807) is 12.1 Å². The Morgan fingerprint density at radius 2 is 2.17 bits per heavy atom. The lowest BCUT2D eigenvalue weighted by Gasteiger charge is -2.03. The molecule has 0 spiro atoms. The summed E-state index contributed by atoms with van der Waals surface area (Å²) in [6.07, 6.45) is 2.93. The maximum Gasteiger partial charge on any atom is 0.282 e. The third-order valence-corrected chi connectivity index (χ3v) is 4.72. The van der Waals surface area contributed by atoms with E-state index in [2.05, 4.69) is 10.1 Å². The third-order valence-electron chi connectivity index (χ3n) is 3.61. The average Bonchev–Trinajstić information content (AvgIpc) is 2.83. The fourth-order valence-electron chi connectivity index (χ4n) is 2.21. The van der Waals surface area contributed by atoms with E-state index in [4.69, 9.17) is 4.74 Å². The summed E-state index contributed by atoms with van der Waals surface area (Å²) in [4.78, 5) is 18.6. The van der Waals surface area contributed by atoms with Gasteiger partial charge in [0.1, 0.15) is 11.2 Å². The molecule has 0 aliphatic heterocycles. The lowest BCUT2D eigenvalue weighted by molar-refractivity contribution is 0.373. The second kappa shape index (κ2) is 5.85. The van der Waals surface area contributed by atoms with E-state index in [1.807, 2.05) is 13.8 Å². The maximum atomic E-state index is 12.5. The number of methoxy groups -OCH3 is 1. The molecule has 3 rings (SSSR count). The number of hydrogen-bond acceptors (Lipinski definition) is 6. The molecular weight excluding hydrogens is 314 g/mol. The number of aromatic nitrogens is 2. The summed E-state index contributed by atoms with van der Waals surface area (Å²) in [5, 5.41) is 14.4. The number of fused-ring (bicyclic) bond motifs is 1. The summed E-state index contributed by atoms with van der Waals surface area (Å²) in [7, 11) is 1.47. The van der Waals surface area contributed by atoms with Gasteiger partial charge < -0.3 is 9.84 Å². The predicted molar refractivity (Wildman–Crippen MR) is 91.0 cm³/mol. The number of hydrogen-bond donors (Lipinski definition) is 1. The molecule has 0 saturated carbocycles. The number of phenolic OH excluding ortho intramolecular Hbond substituents is 1. The van der Waals surface area contributed by atoms with Crippen LogP contribution >= 0.6 is 11.3 Å². The molecular formula is C16H15N3O3S. The van der Waals surface area contributed by atoms with Gasteiger partial charge in [0.15, 0.2) is 11.5 Å². The van der Waals surface area contributed by atoms with Crippen molar-refractivity contribution in [3.63, 3.8) is 0 Å². The van der Waals surface area contributed by atoms with E-state index < -0.39 is 0 Å². The predicted octanol–water partition coefficient (Wildman–Crippen LogP) is 2.67. The monoisotopic (exact) mass is 329 g/mol. The Balaban J connectivity index is 2.03. The van der Waals surface area contributed by atoms with Crippen molar-refractivity contribution in [1.29, 1.82) is 0 Å². The lowest BCUT2D eigenvalue weighted by Crippen LogP contribution is -2.16. The Bertz CT molecular complexity index is 973. The highest BCUT2D eigenvalue weighted by atomic mass is 32.1. The minimum absolute atomic E-state index is 0.0503. The van der Waals surface area contributed by atoms with Crippen molar-refractivity contribution in [2.75, 3.05) is 7.11 Å². The molecule has 0 atom stereocenters. The molecule has 0 amide bonds. The van der Waals surface area contributed by atoms with E-state index in [0.29, 0.717) is 16.7 Å². The Hall–Kier alpha value is -2.67. The molecule has 2 heterocycles. The second-order valence-corrected chi connectivity index (χ2v) is 6.24. The molecule has 0 aliphatic rings. The smallest absolute Gasteiger partial charge is 0.282 e. The number of rotatable bonds is 3. The Morgan fingerprint density at radius 3 is 2.91 bits per heavy atom. The van der Waals surface area contributed by atoms with E-state index in [1.165, 1.54) is 41.7 Å². The van der Waals surface area contributed by atoms with Crippen LogP contribution in [0.2, 0.25) is 0 Å². The Kier molecular flexibility index (Phi) is 3.87. The van der Waals surface area contributed by atoms with E-state index in [9.17, 15) is 9.90 Å². The Morgan fingerprint density at radius 1 is 1.39 bits per heavy atom. The van der Waals surface area contributed by atoms with Gasteiger partial charge in [-0.15, -0.1) is 11.3 Å². The topological polar surface area (TPSA) is 76.7 Å². The average molecular weight is 329 g/mol. The number of benzene rings is 1. The van der Waals surface area contributed by atoms with Gasteiger partial charge in [0.05, 0.1) is 18.7 Å². The second-order valence-electron chi connectivity index (χ2n) is 5.03. The standard InChI is InChI=1S/C16H15N3O3S/c1-9-10(2)23-15-14(9)16(21)19(8-17-15)18-7-11-4-5-12(20)13(6-11)22-3/h4-8,20H,1-3H3/b18-7+. The summed E-state index contributed by atoms with van der Waals surface area (Å²) in [6.45, 7) is 3.88. The number of aryl methyl sites for hydroxylation is 2. The first-order chi connectivity index (χ1) is 11.0. The molecule has 6 nitrogen and oxygen atoms in total. The molecule has 0 radical (unpaired) electrons. The molecule has 2 aromatic heterocycles. The van der Waals surface area contributed by atoms with Crippen molar-refractivity contribution < 1.29 is 9.84 Å². The highest BCUT2D eigenvalue weighted by Gasteiger charge is 2.11. The van der Waals surface area contributed by atoms with Crippen molar-refractivity contribution in [3.8, 4) is 11.5 Å². The zero-order valence-corrected chi connectivity index (χ0v) is 13.7. The van der Waals surface area contributed by atoms with Gasteiger partial charge in [-0.2, -0.15) is 9.78 Å². The van der Waals surface area contributed by atoms with E-state index in [-0.39, 0.29) is 11.3 Å². The van der Waals surface area contributed by atoms with Gasteiger partial charge in [-0.05, 0) is 43.2 Å². The normalized spacial score (nSPS) is 11.4. The van der Waals surface area contributed by atoms with Crippen molar-refractivity contribution in [1.82, 2.24) is 9.66 Å². The molecule has 23 heavy (non-hydrogen) atoms. The van der Waals surface area contributed by atoms with Gasteiger partial charge in [0, 0.05) is 4.88 Å². The highest BCUT2D eigenvalue weighted by Crippen LogP contribution is 2.26. The molecule has 0 fully saturated rings. The molecule has 0 saturated heterocycles. The van der Waals surface area contributed by atoms with Gasteiger partial charge in [0.25, 0.3) is 5.56 Å². The van der Waals surface area contributed by atoms with Crippen LogP contribution in [0.15, 0.2) is 34.4 Å². The van der Waals surface area contributed by atoms with Crippen LogP contribution < -0.4 is 10.3 Å². The number of nitrogens with zero attached hydrogens (tertiary/aromatic N) is 3. The summed E-state index contributed by atoms with van der Waals surface area (Å²) in [6, 6.07) is 4.82. The molecule has 1 N–H and O–H groups in total. The van der Waals surface area contributed by atoms with Crippen molar-refractivity contribution in [2.24, 2.45) is 5.10 Å². The van der Waals surface area contributed by atoms with Crippen LogP contribution in [0.5, 0.6) is 11.5 Å². The van der Waals surface area contributed by atoms with Gasteiger partial charge in [-0.3, -0.25) is 4.79 Å². The first-order valence-electron chi connectivity index (χ1n) is 6.90. The fraction of sp³-hybridized carbons (Fsp3) is 0.188. The fourth-order valence-corrected chi connectivity index (χ4v) is 3.20. The van der Waals surface area contributed by atoms with Crippen molar-refractivity contribution in [3.05, 3.63) is 50.9 Å². The zero-order valence-electron chi connectivity index (χ0n) is 12.9. The van der Waals surface area contributed by atoms with Crippen LogP contribution in [-0.2, 0) is 0 Å². The summed E-state index contributed by atoms with van der Waals surface area (Å²) in [5.41, 5.74) is 1.45. The number of ether oxygens (including phenoxy) is 1. The molecule has 7 heteroatoms. The highest BCUT2D eigenvalue weighted by molar-refractivity contribution is 7.18. The first kappa shape index (κ1) is 15.2. The van der Waals surface area contributed by atoms with Crippen LogP contribution in [0, 0.1) is 13.8 Å². The summed E-state index contributed by atoms with van der Waals surface area (Å²) in [5.74, 6) is 0.397. The quantitative estimate of drug-likeness (QED) is 0.750. The van der Waals surface area contributed by atoms with E-state index in [0.717, 1.165) is 15.3 Å². The molecule has 118 valence electrons. The number of phenols is 1. The molecule has 0 aliphatic carbocycles. The lowest BCUT2D eigenvalue weighted by atomic mass is 10.2. The molecule has 1 aromatic carbocycles. The molecule has 0 bridgehead atoms. The minimum atomic E-state index is -0.196. The Labute approximate surface area is 136 Å². The van der Waals surface area contributed by atoms with Crippen LogP contribution in [-0.4, -0.2) is 28.1 Å². The maximum absolute atomic E-state index is 12.5. The largest absolute Gasteiger partial charge is 0.504 e. The van der Waals surface area contributed by atoms with Gasteiger partial charge in [-0.25, -0.2) is 4.98 Å². The van der Waals surface area contributed by atoms with Gasteiger partial charge >= 0.3 is 0 Å².